The van der Waals surface area contributed by atoms with Gasteiger partial charge in [-0.25, -0.2) is 13.2 Å². The molecule has 96 heavy (non-hydrogen) atoms. The summed E-state index contributed by atoms with van der Waals surface area (Å²) < 4.78 is 132. The van der Waals surface area contributed by atoms with E-state index in [1.54, 1.807) is 32.7 Å². The summed E-state index contributed by atoms with van der Waals surface area (Å²) in [6.45, 7) is 0. The maximum absolute atomic E-state index is 13.4. The van der Waals surface area contributed by atoms with Crippen molar-refractivity contribution >= 4 is 134 Å². The Morgan fingerprint density at radius 2 is 0.698 bits per heavy atom. The van der Waals surface area contributed by atoms with Gasteiger partial charge in [0.2, 0.25) is 17.7 Å². The summed E-state index contributed by atoms with van der Waals surface area (Å²) in [5.41, 5.74) is 3.24. The Morgan fingerprint density at radius 1 is 0.448 bits per heavy atom. The first-order chi connectivity index (χ1) is 44.0. The molecule has 2 unspecified atom stereocenters. The molecule has 0 spiro atoms. The van der Waals surface area contributed by atoms with Crippen molar-refractivity contribution in [2.24, 2.45) is 21.1 Å². The number of hydrogen-bond acceptors (Lipinski definition) is 18. The Hall–Kier alpha value is -7.14. The molecule has 27 nitrogen and oxygen atoms in total. The van der Waals surface area contributed by atoms with Crippen molar-refractivity contribution in [2.45, 2.75) is 77.8 Å². The van der Waals surface area contributed by atoms with E-state index in [9.17, 15) is 52.8 Å². The maximum atomic E-state index is 13.4. The zero-order chi connectivity index (χ0) is 67.0. The van der Waals surface area contributed by atoms with Crippen LogP contribution in [-0.2, 0) is 66.2 Å². The van der Waals surface area contributed by atoms with Crippen LogP contribution in [0.4, 0.5) is 30.2 Å². The number of benzene rings is 3. The second-order valence-corrected chi connectivity index (χ2v) is 30.5. The molecular weight excluding hydrogens is 1440 g/mol. The number of amides is 3. The Bertz CT molecular complexity index is 4190. The molecule has 3 amide bonds. The van der Waals surface area contributed by atoms with Crippen LogP contribution in [0.15, 0.2) is 108 Å². The van der Waals surface area contributed by atoms with Crippen molar-refractivity contribution in [2.75, 3.05) is 37.1 Å². The summed E-state index contributed by atoms with van der Waals surface area (Å²) in [6, 6.07) is 12.1. The summed E-state index contributed by atoms with van der Waals surface area (Å²) >= 11 is 21.4. The first kappa shape index (κ1) is 76.2. The van der Waals surface area contributed by atoms with Crippen LogP contribution in [0.1, 0.15) is 74.3 Å². The van der Waals surface area contributed by atoms with Crippen LogP contribution in [0.25, 0.3) is 34.2 Å². The van der Waals surface area contributed by atoms with Crippen molar-refractivity contribution in [1.82, 2.24) is 71.4 Å². The first-order valence-electron chi connectivity index (χ1n) is 27.3. The molecule has 3 saturated heterocycles. The number of likely N-dealkylation sites (N-methyl/N-ethyl adjacent to an activating group) is 3. The first-order valence-corrected chi connectivity index (χ1v) is 35.4. The van der Waals surface area contributed by atoms with E-state index < -0.39 is 102 Å². The lowest BCUT2D eigenvalue weighted by molar-refractivity contribution is -0.120. The Balaban J connectivity index is 0.000000200. The van der Waals surface area contributed by atoms with Gasteiger partial charge in [-0.1, -0.05) is 57.1 Å². The highest BCUT2D eigenvalue weighted by atomic mass is 35.5. The van der Waals surface area contributed by atoms with Crippen molar-refractivity contribution in [1.29, 1.82) is 0 Å². The lowest BCUT2D eigenvalue weighted by atomic mass is 10.0. The van der Waals surface area contributed by atoms with Crippen LogP contribution in [0.2, 0.25) is 15.1 Å². The smallest absolute Gasteiger partial charge is 0.280 e. The highest BCUT2D eigenvalue weighted by Crippen LogP contribution is 2.38. The molecule has 6 atom stereocenters. The number of hydrogen-bond donors (Lipinski definition) is 6. The molecule has 6 N–H and O–H groups in total. The third-order valence-electron chi connectivity index (χ3n) is 15.0. The minimum absolute atomic E-state index is 0. The van der Waals surface area contributed by atoms with Crippen LogP contribution in [0.5, 0.6) is 0 Å². The summed E-state index contributed by atoms with van der Waals surface area (Å²) in [5.74, 6) is -1.49. The molecule has 39 heteroatoms. The maximum Gasteiger partial charge on any atom is 0.280 e. The minimum Gasteiger partial charge on any atom is -0.325 e. The van der Waals surface area contributed by atoms with E-state index in [0.29, 0.717) is 17.5 Å². The van der Waals surface area contributed by atoms with E-state index in [1.165, 1.54) is 91.6 Å². The zero-order valence-corrected chi connectivity index (χ0v) is 56.4. The fourth-order valence-electron chi connectivity index (χ4n) is 9.88. The molecule has 12 rings (SSSR count). The number of carbonyl (C=O) groups excluding carboxylic acids is 3. The number of nitrogens with one attached hydrogen (secondary N) is 6. The van der Waals surface area contributed by atoms with Gasteiger partial charge in [-0.3, -0.25) is 14.4 Å². The predicted molar refractivity (Wildman–Crippen MR) is 366 cm³/mol. The largest absolute Gasteiger partial charge is 0.325 e. The number of aryl methyl sites for hydroxylation is 3. The predicted octanol–water partition coefficient (Wildman–Crippen LogP) is 9.57. The molecule has 6 aromatic heterocycles. The summed E-state index contributed by atoms with van der Waals surface area (Å²) in [5, 5.41) is 36.7. The average molecular weight is 1500 g/mol. The van der Waals surface area contributed by atoms with Gasteiger partial charge >= 0.3 is 0 Å². The number of anilines is 3. The van der Waals surface area contributed by atoms with E-state index in [1.807, 2.05) is 55.5 Å². The SMILES string of the molecule is C.C.C.CN1C(C(=O)Nc2ccc(F)c(Cl)c2)CC(c2cc(-c3nncn3C)cs2)NS1(=O)=O.CN1[C@@H](C(=O)Nc2ccc(F)c(Cl)c2)C[C@@H](c2cc(-c3nncn3C)cs2)NS1(=O)=O.CN1[C@H](C(=O)Nc2ccc(F)c(Cl)c2)C[C@H](c2cc(-c3nncn3C)cs2)NS1(=O)=O. The molecular formula is C57H66Cl3F3N18O9S6. The van der Waals surface area contributed by atoms with Gasteiger partial charge in [0.1, 0.15) is 54.6 Å². The number of thiophene rings is 3. The minimum atomic E-state index is -3.90. The molecule has 516 valence electrons. The second kappa shape index (κ2) is 31.2. The lowest BCUT2D eigenvalue weighted by Gasteiger charge is -2.35. The van der Waals surface area contributed by atoms with E-state index in [-0.39, 0.29) is 73.7 Å². The van der Waals surface area contributed by atoms with E-state index >= 15 is 0 Å². The topological polar surface area (TPSA) is 328 Å². The van der Waals surface area contributed by atoms with E-state index in [0.717, 1.165) is 62.4 Å². The highest BCUT2D eigenvalue weighted by Gasteiger charge is 2.44. The molecule has 3 aliphatic heterocycles. The van der Waals surface area contributed by atoms with Gasteiger partial charge < -0.3 is 29.7 Å². The third-order valence-corrected chi connectivity index (χ3v) is 23.8. The van der Waals surface area contributed by atoms with Gasteiger partial charge in [0.15, 0.2) is 17.5 Å². The molecule has 0 radical (unpaired) electrons. The number of halogens is 6. The summed E-state index contributed by atoms with van der Waals surface area (Å²) in [6.07, 6.45) is 5.34. The van der Waals surface area contributed by atoms with Crippen molar-refractivity contribution in [3.8, 4) is 34.2 Å². The van der Waals surface area contributed by atoms with Gasteiger partial charge in [-0.05, 0) is 92.1 Å². The van der Waals surface area contributed by atoms with E-state index in [2.05, 4.69) is 60.7 Å². The Kier molecular flexibility index (Phi) is 24.7. The second-order valence-electron chi connectivity index (χ2n) is 21.2. The third kappa shape index (κ3) is 17.0. The van der Waals surface area contributed by atoms with Crippen LogP contribution >= 0.6 is 68.8 Å². The fraction of sp³-hybridized carbons (Fsp3) is 0.316. The average Bonchev–Trinajstić information content (AvgIpc) is 0.936. The number of carbonyl (C=O) groups is 3. The van der Waals surface area contributed by atoms with Crippen molar-refractivity contribution < 1.29 is 52.8 Å². The summed E-state index contributed by atoms with van der Waals surface area (Å²) in [4.78, 5) is 40.9. The quantitative estimate of drug-likeness (QED) is 0.0663. The molecule has 0 bridgehead atoms. The van der Waals surface area contributed by atoms with Crippen LogP contribution in [0, 0.1) is 17.5 Å². The molecule has 0 saturated carbocycles. The normalized spacial score (nSPS) is 20.5. The standard InChI is InChI=1S/3C18H18ClFN6O3S2.3CH4/c3*1-25-9-21-23-17(25)10-5-16(30-8-10)14-7-15(26(2)31(28,29)24-14)18(27)22-11-3-4-13(20)12(19)6-11;;;/h3*3-6,8-9,14-15,24H,7H2,1-2H3,(H,22,27);3*1H4/t2*14-,15+;;;;/m10..../s1. The van der Waals surface area contributed by atoms with Gasteiger partial charge in [0, 0.05) is 107 Å². The zero-order valence-electron chi connectivity index (χ0n) is 49.2. The van der Waals surface area contributed by atoms with Gasteiger partial charge in [0.25, 0.3) is 30.6 Å². The highest BCUT2D eigenvalue weighted by molar-refractivity contribution is 7.87. The molecule has 0 aliphatic carbocycles. The van der Waals surface area contributed by atoms with Crippen molar-refractivity contribution in [3.63, 3.8) is 0 Å². The monoisotopic (exact) mass is 1500 g/mol. The fourth-order valence-corrected chi connectivity index (χ4v) is 17.3. The Morgan fingerprint density at radius 3 is 0.917 bits per heavy atom. The van der Waals surface area contributed by atoms with Crippen molar-refractivity contribution in [3.05, 3.63) is 155 Å². The van der Waals surface area contributed by atoms with Crippen LogP contribution in [-0.4, -0.2) is 139 Å². The molecule has 3 fully saturated rings. The number of nitrogens with zero attached hydrogens (tertiary/aromatic N) is 12. The van der Waals surface area contributed by atoms with Gasteiger partial charge in [-0.15, -0.1) is 64.6 Å². The summed E-state index contributed by atoms with van der Waals surface area (Å²) in [7, 11) is -2.27. The molecule has 9 heterocycles. The van der Waals surface area contributed by atoms with Crippen LogP contribution in [0.3, 0.4) is 0 Å². The lowest BCUT2D eigenvalue weighted by Crippen LogP contribution is -2.55. The van der Waals surface area contributed by atoms with E-state index in [4.69, 9.17) is 34.8 Å². The molecule has 3 aromatic carbocycles. The van der Waals surface area contributed by atoms with Gasteiger partial charge in [-0.2, -0.15) is 52.3 Å². The Labute approximate surface area is 579 Å². The van der Waals surface area contributed by atoms with Crippen LogP contribution < -0.4 is 30.1 Å². The molecule has 3 aliphatic rings. The molecule has 9 aromatic rings. The van der Waals surface area contributed by atoms with Gasteiger partial charge in [0.05, 0.1) is 33.2 Å². The number of aromatic nitrogens is 9. The number of rotatable bonds is 12.